The molecule has 0 aliphatic carbocycles. The van der Waals surface area contributed by atoms with E-state index >= 15 is 0 Å². The van der Waals surface area contributed by atoms with Crippen molar-refractivity contribution < 1.29 is 17.9 Å². The van der Waals surface area contributed by atoms with E-state index in [1.807, 2.05) is 30.5 Å². The predicted octanol–water partition coefficient (Wildman–Crippen LogP) is 3.03. The molecule has 1 aromatic carbocycles. The number of carbonyl (C=O) groups is 1. The third kappa shape index (κ3) is 4.69. The van der Waals surface area contributed by atoms with Gasteiger partial charge in [-0.05, 0) is 63.4 Å². The van der Waals surface area contributed by atoms with Crippen LogP contribution in [0.1, 0.15) is 41.5 Å². The van der Waals surface area contributed by atoms with Gasteiger partial charge in [0.05, 0.1) is 24.7 Å². The number of ether oxygens (including phenoxy) is 1. The van der Waals surface area contributed by atoms with Crippen molar-refractivity contribution in [3.8, 4) is 5.69 Å². The van der Waals surface area contributed by atoms with Crippen LogP contribution in [0, 0.1) is 19.8 Å². The van der Waals surface area contributed by atoms with Gasteiger partial charge in [0.2, 0.25) is 10.0 Å². The van der Waals surface area contributed by atoms with E-state index in [4.69, 9.17) is 4.74 Å². The van der Waals surface area contributed by atoms with Gasteiger partial charge in [-0.3, -0.25) is 9.69 Å². The van der Waals surface area contributed by atoms with E-state index in [1.165, 1.54) is 10.7 Å². The summed E-state index contributed by atoms with van der Waals surface area (Å²) in [7, 11) is -3.59. The largest absolute Gasteiger partial charge is 0.379 e. The molecular weight excluding hydrogens is 426 g/mol. The fourth-order valence-corrected chi connectivity index (χ4v) is 6.33. The van der Waals surface area contributed by atoms with E-state index < -0.39 is 10.0 Å². The molecule has 3 heterocycles. The third-order valence-corrected chi connectivity index (χ3v) is 8.42. The number of aryl methyl sites for hydroxylation is 1. The van der Waals surface area contributed by atoms with E-state index in [-0.39, 0.29) is 10.7 Å². The lowest BCUT2D eigenvalue weighted by molar-refractivity contribution is 0.0730. The molecule has 2 fully saturated rings. The Morgan fingerprint density at radius 3 is 2.59 bits per heavy atom. The maximum atomic E-state index is 13.1. The molecule has 174 valence electrons. The molecule has 0 saturated carbocycles. The van der Waals surface area contributed by atoms with Crippen LogP contribution in [-0.4, -0.2) is 73.9 Å². The van der Waals surface area contributed by atoms with E-state index in [9.17, 15) is 13.2 Å². The second kappa shape index (κ2) is 9.47. The number of aromatic nitrogens is 1. The number of hydrogen-bond donors (Lipinski definition) is 0. The predicted molar refractivity (Wildman–Crippen MR) is 124 cm³/mol. The van der Waals surface area contributed by atoms with Crippen molar-refractivity contribution in [3.63, 3.8) is 0 Å². The highest BCUT2D eigenvalue weighted by atomic mass is 32.2. The number of piperidine rings is 1. The number of ketones is 1. The zero-order valence-electron chi connectivity index (χ0n) is 19.2. The van der Waals surface area contributed by atoms with Crippen LogP contribution < -0.4 is 0 Å². The topological polar surface area (TPSA) is 71.9 Å². The second-order valence-corrected chi connectivity index (χ2v) is 11.0. The Morgan fingerprint density at radius 2 is 1.88 bits per heavy atom. The summed E-state index contributed by atoms with van der Waals surface area (Å²) in [6.07, 6.45) is 2.36. The molecule has 2 saturated heterocycles. The molecule has 2 aromatic rings. The van der Waals surface area contributed by atoms with Gasteiger partial charge in [-0.15, -0.1) is 0 Å². The summed E-state index contributed by atoms with van der Waals surface area (Å²) in [4.78, 5) is 15.6. The Balaban J connectivity index is 1.60. The smallest absolute Gasteiger partial charge is 0.243 e. The van der Waals surface area contributed by atoms with Crippen molar-refractivity contribution in [2.24, 2.45) is 5.92 Å². The Hall–Kier alpha value is -2.00. The van der Waals surface area contributed by atoms with Crippen LogP contribution in [0.25, 0.3) is 5.69 Å². The Morgan fingerprint density at radius 1 is 1.12 bits per heavy atom. The fourth-order valence-electron chi connectivity index (χ4n) is 4.88. The van der Waals surface area contributed by atoms with Crippen LogP contribution in [0.2, 0.25) is 0 Å². The lowest BCUT2D eigenvalue weighted by Gasteiger charge is -2.30. The number of likely N-dealkylation sites (tertiary alicyclic amines) is 1. The highest BCUT2D eigenvalue weighted by Gasteiger charge is 2.27. The number of morpholine rings is 1. The van der Waals surface area contributed by atoms with E-state index in [1.54, 1.807) is 18.2 Å². The van der Waals surface area contributed by atoms with Crippen LogP contribution in [0.5, 0.6) is 0 Å². The lowest BCUT2D eigenvalue weighted by Crippen LogP contribution is -2.40. The monoisotopic (exact) mass is 459 g/mol. The molecule has 32 heavy (non-hydrogen) atoms. The molecule has 2 aliphatic rings. The molecule has 0 N–H and O–H groups in total. The number of Topliss-reactive ketones (excluding diaryl/α,β-unsaturated/α-hetero) is 1. The van der Waals surface area contributed by atoms with Crippen molar-refractivity contribution >= 4 is 15.8 Å². The minimum Gasteiger partial charge on any atom is -0.379 e. The molecule has 4 rings (SSSR count). The van der Waals surface area contributed by atoms with Gasteiger partial charge < -0.3 is 9.30 Å². The van der Waals surface area contributed by atoms with Crippen LogP contribution in [0.4, 0.5) is 0 Å². The van der Waals surface area contributed by atoms with Gasteiger partial charge >= 0.3 is 0 Å². The number of nitrogens with zero attached hydrogens (tertiary/aromatic N) is 3. The number of benzene rings is 1. The molecule has 1 unspecified atom stereocenters. The van der Waals surface area contributed by atoms with Crippen molar-refractivity contribution in [3.05, 3.63) is 47.3 Å². The number of hydrogen-bond acceptors (Lipinski definition) is 5. The number of rotatable bonds is 6. The lowest BCUT2D eigenvalue weighted by atomic mass is 9.99. The van der Waals surface area contributed by atoms with Crippen LogP contribution in [0.15, 0.2) is 35.2 Å². The summed E-state index contributed by atoms with van der Waals surface area (Å²) in [6.45, 7) is 10.0. The van der Waals surface area contributed by atoms with Gasteiger partial charge in [-0.1, -0.05) is 13.0 Å². The van der Waals surface area contributed by atoms with Crippen molar-refractivity contribution in [2.75, 3.05) is 45.9 Å². The summed E-state index contributed by atoms with van der Waals surface area (Å²) in [5.74, 6) is 0.746. The quantitative estimate of drug-likeness (QED) is 0.621. The molecule has 8 heteroatoms. The van der Waals surface area contributed by atoms with Gasteiger partial charge in [-0.2, -0.15) is 4.31 Å². The van der Waals surface area contributed by atoms with Gasteiger partial charge in [0.25, 0.3) is 0 Å². The van der Waals surface area contributed by atoms with Crippen LogP contribution in [-0.2, 0) is 14.8 Å². The zero-order valence-corrected chi connectivity index (χ0v) is 20.0. The van der Waals surface area contributed by atoms with Crippen LogP contribution in [0.3, 0.4) is 0 Å². The maximum absolute atomic E-state index is 13.1. The SMILES string of the molecule is Cc1cc(C(=O)CN2CCCC(C)C2)c(C)n1-c1cccc(S(=O)(=O)N2CCOCC2)c1. The maximum Gasteiger partial charge on any atom is 0.243 e. The summed E-state index contributed by atoms with van der Waals surface area (Å²) in [5, 5.41) is 0. The summed E-state index contributed by atoms with van der Waals surface area (Å²) in [5.41, 5.74) is 3.22. The molecule has 0 spiro atoms. The van der Waals surface area contributed by atoms with Gasteiger partial charge in [0.15, 0.2) is 5.78 Å². The Labute approximate surface area is 191 Å². The minimum atomic E-state index is -3.59. The summed E-state index contributed by atoms with van der Waals surface area (Å²) in [6, 6.07) is 8.91. The molecule has 7 nitrogen and oxygen atoms in total. The fraction of sp³-hybridized carbons (Fsp3) is 0.542. The summed E-state index contributed by atoms with van der Waals surface area (Å²) >= 11 is 0. The Kier molecular flexibility index (Phi) is 6.86. The van der Waals surface area contributed by atoms with E-state index in [2.05, 4.69) is 11.8 Å². The molecule has 1 aromatic heterocycles. The molecule has 2 aliphatic heterocycles. The van der Waals surface area contributed by atoms with Crippen molar-refractivity contribution in [1.29, 1.82) is 0 Å². The summed E-state index contributed by atoms with van der Waals surface area (Å²) < 4.78 is 35.0. The first-order valence-electron chi connectivity index (χ1n) is 11.4. The molecule has 0 amide bonds. The first kappa shape index (κ1) is 23.2. The third-order valence-electron chi connectivity index (χ3n) is 6.52. The molecular formula is C24H33N3O4S. The molecule has 0 bridgehead atoms. The van der Waals surface area contributed by atoms with Crippen molar-refractivity contribution in [2.45, 2.75) is 38.5 Å². The van der Waals surface area contributed by atoms with Gasteiger partial charge in [0, 0.05) is 42.3 Å². The van der Waals surface area contributed by atoms with Gasteiger partial charge in [-0.25, -0.2) is 8.42 Å². The highest BCUT2D eigenvalue weighted by Crippen LogP contribution is 2.25. The average Bonchev–Trinajstić information content (AvgIpc) is 3.08. The minimum absolute atomic E-state index is 0.121. The number of sulfonamides is 1. The molecule has 1 atom stereocenters. The molecule has 0 radical (unpaired) electrons. The Bertz CT molecular complexity index is 1090. The standard InChI is InChI=1S/C24H33N3O4S/c1-18-6-5-9-25(16-18)17-24(28)23-14-19(2)27(20(23)3)21-7-4-8-22(15-21)32(29,30)26-10-12-31-13-11-26/h4,7-8,14-15,18H,5-6,9-13,16-17H2,1-3H3. The van der Waals surface area contributed by atoms with Crippen molar-refractivity contribution in [1.82, 2.24) is 13.8 Å². The zero-order chi connectivity index (χ0) is 22.9. The highest BCUT2D eigenvalue weighted by molar-refractivity contribution is 7.89. The normalized spacial score (nSPS) is 21.0. The van der Waals surface area contributed by atoms with E-state index in [0.717, 1.165) is 36.6 Å². The van der Waals surface area contributed by atoms with E-state index in [0.29, 0.717) is 44.3 Å². The van der Waals surface area contributed by atoms with Gasteiger partial charge in [0.1, 0.15) is 0 Å². The second-order valence-electron chi connectivity index (χ2n) is 9.04. The first-order chi connectivity index (χ1) is 15.3. The van der Waals surface area contributed by atoms with Crippen LogP contribution >= 0.6 is 0 Å². The number of carbonyl (C=O) groups excluding carboxylic acids is 1. The average molecular weight is 460 g/mol. The first-order valence-corrected chi connectivity index (χ1v) is 12.8.